The molecule has 0 aliphatic carbocycles. The lowest BCUT2D eigenvalue weighted by atomic mass is 10.1. The number of hydrogen-bond acceptors (Lipinski definition) is 6. The van der Waals surface area contributed by atoms with Gasteiger partial charge in [-0.3, -0.25) is 9.84 Å². The van der Waals surface area contributed by atoms with Gasteiger partial charge in [0.05, 0.1) is 17.9 Å². The number of ether oxygens (including phenoxy) is 1. The molecule has 0 bridgehead atoms. The average molecular weight is 287 g/mol. The SMILES string of the molecule is CCOC(=O)Nc1c[n+](N2CCSCC2(C)C)no1. The molecule has 1 N–H and O–H groups in total. The summed E-state index contributed by atoms with van der Waals surface area (Å²) in [6, 6.07) is 0. The first-order valence-corrected chi connectivity index (χ1v) is 7.36. The molecule has 1 aliphatic rings. The van der Waals surface area contributed by atoms with Crippen LogP contribution in [0.25, 0.3) is 0 Å². The minimum absolute atomic E-state index is 0.00828. The highest BCUT2D eigenvalue weighted by molar-refractivity contribution is 7.99. The van der Waals surface area contributed by atoms with Crippen LogP contribution in [0.1, 0.15) is 20.8 Å². The van der Waals surface area contributed by atoms with E-state index in [1.165, 1.54) is 0 Å². The molecule has 0 unspecified atom stereocenters. The van der Waals surface area contributed by atoms with Crippen LogP contribution < -0.4 is 15.1 Å². The molecule has 1 aromatic rings. The predicted octanol–water partition coefficient (Wildman–Crippen LogP) is 0.994. The summed E-state index contributed by atoms with van der Waals surface area (Å²) in [4.78, 5) is 12.9. The third-order valence-electron chi connectivity index (χ3n) is 2.81. The summed E-state index contributed by atoms with van der Waals surface area (Å²) in [6.45, 7) is 7.25. The predicted molar refractivity (Wildman–Crippen MR) is 71.8 cm³/mol. The molecule has 0 spiro atoms. The maximum absolute atomic E-state index is 11.3. The van der Waals surface area contributed by atoms with Gasteiger partial charge in [0.2, 0.25) is 5.27 Å². The van der Waals surface area contributed by atoms with E-state index < -0.39 is 6.09 Å². The Balaban J connectivity index is 2.05. The van der Waals surface area contributed by atoms with E-state index >= 15 is 0 Å². The molecule has 2 rings (SSSR count). The van der Waals surface area contributed by atoms with Gasteiger partial charge in [-0.1, -0.05) is 0 Å². The first-order chi connectivity index (χ1) is 9.03. The Bertz CT molecular complexity index is 449. The van der Waals surface area contributed by atoms with E-state index in [0.29, 0.717) is 6.61 Å². The van der Waals surface area contributed by atoms with E-state index in [0.717, 1.165) is 18.1 Å². The van der Waals surface area contributed by atoms with Crippen LogP contribution in [-0.2, 0) is 4.74 Å². The molecule has 8 heteroatoms. The number of carbonyl (C=O) groups is 1. The van der Waals surface area contributed by atoms with Crippen molar-refractivity contribution >= 4 is 23.7 Å². The quantitative estimate of drug-likeness (QED) is 0.836. The summed E-state index contributed by atoms with van der Waals surface area (Å²) >= 11 is 1.92. The van der Waals surface area contributed by atoms with Crippen LogP contribution in [0, 0.1) is 0 Å². The lowest BCUT2D eigenvalue weighted by Gasteiger charge is -2.34. The van der Waals surface area contributed by atoms with E-state index in [1.807, 2.05) is 11.8 Å². The molecular formula is C11H19N4O3S+. The van der Waals surface area contributed by atoms with Gasteiger partial charge in [0.15, 0.2) is 0 Å². The van der Waals surface area contributed by atoms with Crippen molar-refractivity contribution in [3.05, 3.63) is 6.20 Å². The molecule has 1 aromatic heterocycles. The van der Waals surface area contributed by atoms with Gasteiger partial charge < -0.3 is 4.74 Å². The Labute approximate surface area is 116 Å². The van der Waals surface area contributed by atoms with E-state index in [-0.39, 0.29) is 11.4 Å². The Kier molecular flexibility index (Phi) is 4.18. The van der Waals surface area contributed by atoms with E-state index in [1.54, 1.807) is 17.9 Å². The van der Waals surface area contributed by atoms with Gasteiger partial charge in [0.25, 0.3) is 6.20 Å². The third kappa shape index (κ3) is 3.31. The summed E-state index contributed by atoms with van der Waals surface area (Å²) in [5.74, 6) is 2.34. The number of rotatable bonds is 3. The smallest absolute Gasteiger partial charge is 0.414 e. The second-order valence-electron chi connectivity index (χ2n) is 4.82. The van der Waals surface area contributed by atoms with Crippen molar-refractivity contribution < 1.29 is 18.8 Å². The fourth-order valence-electron chi connectivity index (χ4n) is 1.90. The summed E-state index contributed by atoms with van der Waals surface area (Å²) in [5.41, 5.74) is -0.00828. The van der Waals surface area contributed by atoms with Crippen LogP contribution in [0.5, 0.6) is 0 Å². The topological polar surface area (TPSA) is 71.5 Å². The van der Waals surface area contributed by atoms with Gasteiger partial charge in [-0.15, -0.1) is 5.01 Å². The van der Waals surface area contributed by atoms with Crippen molar-refractivity contribution in [2.45, 2.75) is 26.3 Å². The molecule has 1 fully saturated rings. The number of thioether (sulfide) groups is 1. The third-order valence-corrected chi connectivity index (χ3v) is 4.19. The molecule has 7 nitrogen and oxygen atoms in total. The lowest BCUT2D eigenvalue weighted by molar-refractivity contribution is -0.764. The zero-order chi connectivity index (χ0) is 13.9. The van der Waals surface area contributed by atoms with Gasteiger partial charge in [-0.25, -0.2) is 4.79 Å². The van der Waals surface area contributed by atoms with Gasteiger partial charge >= 0.3 is 12.0 Å². The summed E-state index contributed by atoms with van der Waals surface area (Å²) in [7, 11) is 0. The standard InChI is InChI=1S/C11H18N4O3S/c1-4-17-10(16)12-9-7-15(13-18-9)14-5-6-19-8-11(14,2)3/h7H,4-6,8H2,1-3H3/p+1. The molecule has 0 radical (unpaired) electrons. The average Bonchev–Trinajstić information content (AvgIpc) is 2.76. The minimum Gasteiger partial charge on any atom is -0.450 e. The van der Waals surface area contributed by atoms with Crippen LogP contribution >= 0.6 is 11.8 Å². The second kappa shape index (κ2) is 5.68. The largest absolute Gasteiger partial charge is 0.450 e. The molecule has 0 saturated carbocycles. The van der Waals surface area contributed by atoms with Crippen molar-refractivity contribution in [3.8, 4) is 0 Å². The van der Waals surface area contributed by atoms with Crippen molar-refractivity contribution in [3.63, 3.8) is 0 Å². The number of carbonyl (C=O) groups excluding carboxylic acids is 1. The van der Waals surface area contributed by atoms with Gasteiger partial charge in [0.1, 0.15) is 5.54 Å². The molecule has 1 aliphatic heterocycles. The molecule has 0 aromatic carbocycles. The van der Waals surface area contributed by atoms with Crippen molar-refractivity contribution in [1.29, 1.82) is 0 Å². The summed E-state index contributed by atoms with van der Waals surface area (Å²) < 4.78 is 9.86. The number of aromatic nitrogens is 2. The van der Waals surface area contributed by atoms with Crippen molar-refractivity contribution in [2.75, 3.05) is 35.0 Å². The van der Waals surface area contributed by atoms with E-state index in [2.05, 4.69) is 29.4 Å². The summed E-state index contributed by atoms with van der Waals surface area (Å²) in [5, 5.41) is 8.54. The Hall–Kier alpha value is -1.44. The van der Waals surface area contributed by atoms with Crippen LogP contribution in [0.15, 0.2) is 10.7 Å². The number of hydrogen-bond donors (Lipinski definition) is 1. The first-order valence-electron chi connectivity index (χ1n) is 6.21. The van der Waals surface area contributed by atoms with Crippen LogP contribution in [0.3, 0.4) is 0 Å². The normalized spacial score (nSPS) is 18.2. The zero-order valence-electron chi connectivity index (χ0n) is 11.4. The zero-order valence-corrected chi connectivity index (χ0v) is 12.2. The second-order valence-corrected chi connectivity index (χ2v) is 5.93. The van der Waals surface area contributed by atoms with Crippen molar-refractivity contribution in [1.82, 2.24) is 5.27 Å². The fraction of sp³-hybridized carbons (Fsp3) is 0.727. The number of anilines is 1. The highest BCUT2D eigenvalue weighted by Gasteiger charge is 2.38. The van der Waals surface area contributed by atoms with Crippen molar-refractivity contribution in [2.24, 2.45) is 0 Å². The minimum atomic E-state index is -0.542. The molecule has 19 heavy (non-hydrogen) atoms. The highest BCUT2D eigenvalue weighted by Crippen LogP contribution is 2.22. The fourth-order valence-corrected chi connectivity index (χ4v) is 3.00. The number of nitrogens with zero attached hydrogens (tertiary/aromatic N) is 3. The Morgan fingerprint density at radius 3 is 3.21 bits per heavy atom. The van der Waals surface area contributed by atoms with Crippen LogP contribution in [0.2, 0.25) is 0 Å². The summed E-state index contributed by atoms with van der Waals surface area (Å²) in [6.07, 6.45) is 1.11. The first kappa shape index (κ1) is 14.0. The molecule has 0 atom stereocenters. The molecule has 1 amide bonds. The number of nitrogens with one attached hydrogen (secondary N) is 1. The number of amides is 1. The van der Waals surface area contributed by atoms with Crippen LogP contribution in [-0.4, -0.2) is 41.6 Å². The Morgan fingerprint density at radius 2 is 2.53 bits per heavy atom. The maximum atomic E-state index is 11.3. The maximum Gasteiger partial charge on any atom is 0.414 e. The molecular weight excluding hydrogens is 268 g/mol. The van der Waals surface area contributed by atoms with E-state index in [9.17, 15) is 4.79 Å². The van der Waals surface area contributed by atoms with Gasteiger partial charge in [0, 0.05) is 11.5 Å². The molecule has 1 saturated heterocycles. The van der Waals surface area contributed by atoms with Gasteiger partial charge in [-0.05, 0) is 20.8 Å². The Morgan fingerprint density at radius 1 is 1.74 bits per heavy atom. The van der Waals surface area contributed by atoms with Gasteiger partial charge in [-0.2, -0.15) is 11.8 Å². The highest BCUT2D eigenvalue weighted by atomic mass is 32.2. The van der Waals surface area contributed by atoms with E-state index in [4.69, 9.17) is 9.26 Å². The lowest BCUT2D eigenvalue weighted by Crippen LogP contribution is -2.70. The van der Waals surface area contributed by atoms with Crippen LogP contribution in [0.4, 0.5) is 10.7 Å². The molecule has 2 heterocycles. The molecule has 106 valence electrons. The monoisotopic (exact) mass is 287 g/mol.